The van der Waals surface area contributed by atoms with Crippen molar-refractivity contribution in [2.24, 2.45) is 0 Å². The van der Waals surface area contributed by atoms with Gasteiger partial charge in [-0.25, -0.2) is 4.79 Å². The summed E-state index contributed by atoms with van der Waals surface area (Å²) in [5.74, 6) is -1.71. The van der Waals surface area contributed by atoms with E-state index in [1.165, 1.54) is 0 Å². The van der Waals surface area contributed by atoms with Crippen molar-refractivity contribution in [2.75, 3.05) is 6.61 Å². The molecule has 0 aromatic carbocycles. The average Bonchev–Trinajstić information content (AvgIpc) is 1.89. The third-order valence-corrected chi connectivity index (χ3v) is 0.743. The van der Waals surface area contributed by atoms with Crippen molar-refractivity contribution in [2.45, 2.75) is 13.3 Å². The summed E-state index contributed by atoms with van der Waals surface area (Å²) in [6.45, 7) is 1.76. The second kappa shape index (κ2) is 7.03. The van der Waals surface area contributed by atoms with Gasteiger partial charge in [0.1, 0.15) is 6.42 Å². The van der Waals surface area contributed by atoms with E-state index in [1.54, 1.807) is 13.0 Å². The highest BCUT2D eigenvalue weighted by Crippen LogP contribution is 1.85. The van der Waals surface area contributed by atoms with Gasteiger partial charge in [-0.05, 0) is 6.92 Å². The number of nitrogens with zero attached hydrogens (tertiary/aromatic N) is 1. The molecule has 0 atom stereocenters. The summed E-state index contributed by atoms with van der Waals surface area (Å²) in [5, 5.41) is 7.98. The smallest absolute Gasteiger partial charge is 0.375 e. The number of hydrogen-bond donors (Lipinski definition) is 0. The molecule has 0 spiro atoms. The molecule has 0 radical (unpaired) electrons. The lowest BCUT2D eigenvalue weighted by Crippen LogP contribution is -2.16. The second-order valence-electron chi connectivity index (χ2n) is 1.48. The minimum Gasteiger partial charge on any atom is -0.460 e. The van der Waals surface area contributed by atoms with Gasteiger partial charge in [0.25, 0.3) is 5.78 Å². The van der Waals surface area contributed by atoms with Crippen molar-refractivity contribution in [3.05, 3.63) is 0 Å². The van der Waals surface area contributed by atoms with Gasteiger partial charge in [-0.2, -0.15) is 5.26 Å². The Labute approximate surface area is 70.5 Å². The van der Waals surface area contributed by atoms with Crippen LogP contribution in [0, 0.1) is 11.3 Å². The van der Waals surface area contributed by atoms with Crippen molar-refractivity contribution in [1.82, 2.24) is 0 Å². The van der Waals surface area contributed by atoms with E-state index in [1.807, 2.05) is 0 Å². The quantitative estimate of drug-likeness (QED) is 0.464. The molecule has 0 saturated carbocycles. The van der Waals surface area contributed by atoms with Gasteiger partial charge in [0.2, 0.25) is 0 Å². The number of hydrogen-bond acceptors (Lipinski definition) is 4. The van der Waals surface area contributed by atoms with Crippen molar-refractivity contribution in [3.8, 4) is 6.07 Å². The highest BCUT2D eigenvalue weighted by molar-refractivity contribution is 6.34. The summed E-state index contributed by atoms with van der Waals surface area (Å²) >= 11 is 0. The molecule has 11 heavy (non-hydrogen) atoms. The van der Waals surface area contributed by atoms with E-state index in [0.717, 1.165) is 0 Å². The number of ketones is 1. The Morgan fingerprint density at radius 3 is 2.45 bits per heavy atom. The van der Waals surface area contributed by atoms with Crippen LogP contribution < -0.4 is 0 Å². The first kappa shape index (κ1) is 12.6. The van der Waals surface area contributed by atoms with E-state index >= 15 is 0 Å². The van der Waals surface area contributed by atoms with Crippen molar-refractivity contribution in [3.63, 3.8) is 0 Å². The first-order chi connectivity index (χ1) is 4.72. The number of nitriles is 1. The number of carbonyl (C=O) groups is 2. The maximum Gasteiger partial charge on any atom is 0.375 e. The molecule has 0 unspecified atom stereocenters. The van der Waals surface area contributed by atoms with Crippen LogP contribution in [0.1, 0.15) is 13.3 Å². The van der Waals surface area contributed by atoms with E-state index in [4.69, 9.17) is 5.26 Å². The highest BCUT2D eigenvalue weighted by Gasteiger charge is 2.12. The van der Waals surface area contributed by atoms with Crippen LogP contribution in [0.2, 0.25) is 0 Å². The van der Waals surface area contributed by atoms with E-state index in [-0.39, 0.29) is 19.0 Å². The molecule has 62 valence electrons. The normalized spacial score (nSPS) is 7.27. The monoisotopic (exact) mass is 177 g/mol. The summed E-state index contributed by atoms with van der Waals surface area (Å²) < 4.78 is 4.32. The zero-order valence-corrected chi connectivity index (χ0v) is 6.81. The predicted octanol–water partition coefficient (Wildman–Crippen LogP) is 0.454. The van der Waals surface area contributed by atoms with Crippen LogP contribution in [-0.4, -0.2) is 18.4 Å². The molecular weight excluding hydrogens is 170 g/mol. The molecule has 0 fully saturated rings. The molecule has 0 aliphatic carbocycles. The Balaban J connectivity index is 0. The minimum absolute atomic E-state index is 0. The maximum atomic E-state index is 10.4. The van der Waals surface area contributed by atoms with Crippen LogP contribution in [0.15, 0.2) is 0 Å². The van der Waals surface area contributed by atoms with Crippen LogP contribution in [0.25, 0.3) is 0 Å². The molecule has 0 aliphatic heterocycles. The van der Waals surface area contributed by atoms with Gasteiger partial charge in [-0.1, -0.05) is 0 Å². The van der Waals surface area contributed by atoms with E-state index < -0.39 is 18.2 Å². The third kappa shape index (κ3) is 5.37. The molecule has 0 bridgehead atoms. The lowest BCUT2D eigenvalue weighted by molar-refractivity contribution is -0.153. The number of Topliss-reactive ketones (excluding diaryl/α,β-unsaturated/α-hetero) is 1. The van der Waals surface area contributed by atoms with E-state index in [9.17, 15) is 9.59 Å². The zero-order chi connectivity index (χ0) is 7.98. The van der Waals surface area contributed by atoms with Gasteiger partial charge in [0.15, 0.2) is 0 Å². The lowest BCUT2D eigenvalue weighted by Gasteiger charge is -1.94. The Bertz CT molecular complexity index is 185. The molecule has 0 aromatic heterocycles. The molecule has 0 aromatic rings. The van der Waals surface area contributed by atoms with Crippen LogP contribution >= 0.6 is 12.4 Å². The number of carbonyl (C=O) groups excluding carboxylic acids is 2. The lowest BCUT2D eigenvalue weighted by atomic mass is 10.3. The van der Waals surface area contributed by atoms with Gasteiger partial charge in [0, 0.05) is 0 Å². The second-order valence-corrected chi connectivity index (χ2v) is 1.48. The predicted molar refractivity (Wildman–Crippen MR) is 39.1 cm³/mol. The topological polar surface area (TPSA) is 67.2 Å². The summed E-state index contributed by atoms with van der Waals surface area (Å²) in [7, 11) is 0. The fraction of sp³-hybridized carbons (Fsp3) is 0.500. The minimum atomic E-state index is -0.927. The van der Waals surface area contributed by atoms with Crippen LogP contribution in [-0.2, 0) is 14.3 Å². The zero-order valence-electron chi connectivity index (χ0n) is 5.99. The van der Waals surface area contributed by atoms with Gasteiger partial charge < -0.3 is 4.74 Å². The highest BCUT2D eigenvalue weighted by atomic mass is 35.5. The summed E-state index contributed by atoms with van der Waals surface area (Å²) in [6.07, 6.45) is -0.404. The molecule has 0 N–H and O–H groups in total. The van der Waals surface area contributed by atoms with Crippen LogP contribution in [0.4, 0.5) is 0 Å². The Kier molecular flexibility index (Phi) is 8.04. The van der Waals surface area contributed by atoms with Gasteiger partial charge in [-0.3, -0.25) is 4.79 Å². The standard InChI is InChI=1S/C6H7NO3.ClH/c1-2-10-6(9)5(8)3-4-7;/h2-3H2,1H3;1H. The Morgan fingerprint density at radius 1 is 1.55 bits per heavy atom. The third-order valence-electron chi connectivity index (χ3n) is 0.743. The molecular formula is C6H8ClNO3. The van der Waals surface area contributed by atoms with Gasteiger partial charge >= 0.3 is 5.97 Å². The Morgan fingerprint density at radius 2 is 2.09 bits per heavy atom. The first-order valence-electron chi connectivity index (χ1n) is 2.79. The first-order valence-corrected chi connectivity index (χ1v) is 2.79. The van der Waals surface area contributed by atoms with Crippen LogP contribution in [0.5, 0.6) is 0 Å². The molecule has 0 aliphatic rings. The van der Waals surface area contributed by atoms with Crippen molar-refractivity contribution < 1.29 is 14.3 Å². The molecule has 4 nitrogen and oxygen atoms in total. The number of esters is 1. The van der Waals surface area contributed by atoms with Crippen molar-refractivity contribution in [1.29, 1.82) is 5.26 Å². The summed E-state index contributed by atoms with van der Waals surface area (Å²) in [6, 6.07) is 1.56. The number of rotatable bonds is 3. The van der Waals surface area contributed by atoms with Crippen molar-refractivity contribution >= 4 is 24.2 Å². The molecule has 0 rings (SSSR count). The molecule has 5 heteroatoms. The van der Waals surface area contributed by atoms with E-state index in [2.05, 4.69) is 4.74 Å². The summed E-state index contributed by atoms with van der Waals surface area (Å²) in [5.41, 5.74) is 0. The largest absolute Gasteiger partial charge is 0.460 e. The van der Waals surface area contributed by atoms with Gasteiger partial charge in [0.05, 0.1) is 12.7 Å². The maximum absolute atomic E-state index is 10.4. The number of ether oxygens (including phenoxy) is 1. The molecule has 0 heterocycles. The summed E-state index contributed by atoms with van der Waals surface area (Å²) in [4.78, 5) is 20.8. The fourth-order valence-corrected chi connectivity index (χ4v) is 0.356. The number of halogens is 1. The van der Waals surface area contributed by atoms with Gasteiger partial charge in [-0.15, -0.1) is 12.4 Å². The average molecular weight is 178 g/mol. The SMILES string of the molecule is CCOC(=O)C(=O)CC#N.Cl. The Hall–Kier alpha value is -1.08. The molecule has 0 amide bonds. The fourth-order valence-electron chi connectivity index (χ4n) is 0.356. The van der Waals surface area contributed by atoms with E-state index in [0.29, 0.717) is 0 Å². The van der Waals surface area contributed by atoms with Crippen LogP contribution in [0.3, 0.4) is 0 Å². The molecule has 0 saturated heterocycles.